The molecule has 0 unspecified atom stereocenters. The first-order valence-corrected chi connectivity index (χ1v) is 6.19. The lowest BCUT2D eigenvalue weighted by Gasteiger charge is -2.13. The van der Waals surface area contributed by atoms with Gasteiger partial charge in [0.05, 0.1) is 19.3 Å². The van der Waals surface area contributed by atoms with Gasteiger partial charge in [-0.25, -0.2) is 4.79 Å². The first-order chi connectivity index (χ1) is 9.34. The quantitative estimate of drug-likeness (QED) is 0.630. The summed E-state index contributed by atoms with van der Waals surface area (Å²) in [5, 5.41) is 9.04. The van der Waals surface area contributed by atoms with Crippen molar-refractivity contribution in [3.8, 4) is 11.8 Å². The molecule has 4 nitrogen and oxygen atoms in total. The molecule has 1 aromatic rings. The number of esters is 1. The molecule has 0 bridgehead atoms. The van der Waals surface area contributed by atoms with Crippen LogP contribution in [0.25, 0.3) is 0 Å². The van der Waals surface area contributed by atoms with Crippen LogP contribution in [0.2, 0.25) is 0 Å². The second-order valence-corrected chi connectivity index (χ2v) is 4.50. The zero-order valence-corrected chi connectivity index (χ0v) is 11.4. The summed E-state index contributed by atoms with van der Waals surface area (Å²) in [5.74, 6) is -0.906. The van der Waals surface area contributed by atoms with Crippen LogP contribution in [0.5, 0.6) is 5.75 Å². The Bertz CT molecular complexity index is 552. The Morgan fingerprint density at radius 3 is 2.55 bits per heavy atom. The van der Waals surface area contributed by atoms with E-state index in [0.29, 0.717) is 0 Å². The largest absolute Gasteiger partial charge is 0.496 e. The van der Waals surface area contributed by atoms with Gasteiger partial charge in [0.2, 0.25) is 0 Å². The van der Waals surface area contributed by atoms with Crippen LogP contribution in [0.1, 0.15) is 22.8 Å². The van der Waals surface area contributed by atoms with Crippen molar-refractivity contribution in [1.82, 2.24) is 0 Å². The monoisotopic (exact) mass is 305 g/mol. The number of carbonyl (C=O) groups is 1. The first-order valence-electron chi connectivity index (χ1n) is 5.38. The summed E-state index contributed by atoms with van der Waals surface area (Å²) in [4.78, 5) is 11.4. The van der Waals surface area contributed by atoms with Crippen LogP contribution in [0.4, 0.5) is 13.2 Å². The maximum atomic E-state index is 12.4. The van der Waals surface area contributed by atoms with Crippen LogP contribution in [0.3, 0.4) is 0 Å². The number of benzene rings is 1. The third-order valence-corrected chi connectivity index (χ3v) is 2.96. The molecule has 0 aliphatic rings. The number of rotatable bonds is 4. The van der Waals surface area contributed by atoms with Crippen LogP contribution in [0, 0.1) is 11.3 Å². The fourth-order valence-corrected chi connectivity index (χ4v) is 2.10. The van der Waals surface area contributed by atoms with Crippen molar-refractivity contribution in [3.63, 3.8) is 0 Å². The molecule has 0 aliphatic carbocycles. The minimum atomic E-state index is -4.56. The van der Waals surface area contributed by atoms with Crippen LogP contribution in [-0.2, 0) is 4.74 Å². The summed E-state index contributed by atoms with van der Waals surface area (Å²) in [5.41, 5.74) is -5.28. The number of thioether (sulfide) groups is 1. The summed E-state index contributed by atoms with van der Waals surface area (Å²) in [7, 11) is 1.25. The lowest BCUT2D eigenvalue weighted by Crippen LogP contribution is -2.11. The molecule has 0 spiro atoms. The van der Waals surface area contributed by atoms with Gasteiger partial charge < -0.3 is 9.47 Å². The fourth-order valence-electron chi connectivity index (χ4n) is 1.46. The van der Waals surface area contributed by atoms with Crippen LogP contribution in [0.15, 0.2) is 17.0 Å². The van der Waals surface area contributed by atoms with Gasteiger partial charge in [-0.1, -0.05) is 0 Å². The van der Waals surface area contributed by atoms with Gasteiger partial charge in [0.25, 0.3) is 0 Å². The molecule has 0 atom stereocenters. The molecule has 0 aromatic heterocycles. The highest BCUT2D eigenvalue weighted by atomic mass is 32.2. The molecule has 8 heteroatoms. The number of methoxy groups -OCH3 is 1. The predicted octanol–water partition coefficient (Wildman–Crippen LogP) is 3.36. The maximum absolute atomic E-state index is 12.4. The Morgan fingerprint density at radius 2 is 2.10 bits per heavy atom. The zero-order chi connectivity index (χ0) is 15.3. The molecule has 0 amide bonds. The summed E-state index contributed by atoms with van der Waals surface area (Å²) in [6.07, 6.45) is 0. The number of halogens is 3. The lowest BCUT2D eigenvalue weighted by atomic mass is 10.1. The first kappa shape index (κ1) is 16.2. The molecule has 1 aromatic carbocycles. The summed E-state index contributed by atoms with van der Waals surface area (Å²) in [6.45, 7) is 1.58. The molecule has 0 heterocycles. The van der Waals surface area contributed by atoms with E-state index in [-0.39, 0.29) is 22.8 Å². The van der Waals surface area contributed by atoms with E-state index in [1.165, 1.54) is 13.2 Å². The third kappa shape index (κ3) is 3.81. The number of hydrogen-bond donors (Lipinski definition) is 0. The molecule has 108 valence electrons. The molecule has 1 rings (SSSR count). The summed E-state index contributed by atoms with van der Waals surface area (Å²) >= 11 is -0.465. The predicted molar refractivity (Wildman–Crippen MR) is 65.6 cm³/mol. The van der Waals surface area contributed by atoms with Gasteiger partial charge >= 0.3 is 11.5 Å². The van der Waals surface area contributed by atoms with Gasteiger partial charge in [0, 0.05) is 4.90 Å². The standard InChI is InChI=1S/C12H10F3NO3S/c1-3-19-11(17)10-7(6-16)9(20-12(13,14)15)5-4-8(10)18-2/h4-5H,3H2,1-2H3. The third-order valence-electron chi connectivity index (χ3n) is 2.17. The van der Waals surface area contributed by atoms with E-state index < -0.39 is 28.8 Å². The molecule has 0 fully saturated rings. The Kier molecular flexibility index (Phi) is 5.27. The highest BCUT2D eigenvalue weighted by molar-refractivity contribution is 8.00. The molecule has 0 saturated carbocycles. The normalized spacial score (nSPS) is 10.8. The van der Waals surface area contributed by atoms with Gasteiger partial charge in [-0.15, -0.1) is 0 Å². The zero-order valence-electron chi connectivity index (χ0n) is 10.6. The van der Waals surface area contributed by atoms with Crippen molar-refractivity contribution in [2.75, 3.05) is 13.7 Å². The second kappa shape index (κ2) is 6.52. The van der Waals surface area contributed by atoms with Crippen molar-refractivity contribution in [2.45, 2.75) is 17.3 Å². The topological polar surface area (TPSA) is 59.3 Å². The number of nitrogens with zero attached hydrogens (tertiary/aromatic N) is 1. The van der Waals surface area contributed by atoms with E-state index in [4.69, 9.17) is 14.7 Å². The highest BCUT2D eigenvalue weighted by Crippen LogP contribution is 2.41. The van der Waals surface area contributed by atoms with Crippen molar-refractivity contribution < 1.29 is 27.4 Å². The van der Waals surface area contributed by atoms with Gasteiger partial charge in [-0.3, -0.25) is 0 Å². The number of carbonyl (C=O) groups excluding carboxylic acids is 1. The minimum Gasteiger partial charge on any atom is -0.496 e. The molecule has 20 heavy (non-hydrogen) atoms. The van der Waals surface area contributed by atoms with E-state index in [1.807, 2.05) is 0 Å². The van der Waals surface area contributed by atoms with E-state index in [0.717, 1.165) is 6.07 Å². The van der Waals surface area contributed by atoms with Gasteiger partial charge in [-0.05, 0) is 30.8 Å². The molecular weight excluding hydrogens is 295 g/mol. The summed E-state index contributed by atoms with van der Waals surface area (Å²) < 4.78 is 46.9. The fraction of sp³-hybridized carbons (Fsp3) is 0.333. The van der Waals surface area contributed by atoms with E-state index in [2.05, 4.69) is 0 Å². The summed E-state index contributed by atoms with van der Waals surface area (Å²) in [6, 6.07) is 3.88. The van der Waals surface area contributed by atoms with Crippen molar-refractivity contribution in [1.29, 1.82) is 5.26 Å². The number of hydrogen-bond acceptors (Lipinski definition) is 5. The van der Waals surface area contributed by atoms with E-state index in [9.17, 15) is 18.0 Å². The molecule has 0 saturated heterocycles. The molecule has 0 radical (unpaired) electrons. The smallest absolute Gasteiger partial charge is 0.446 e. The van der Waals surface area contributed by atoms with Crippen molar-refractivity contribution in [3.05, 3.63) is 23.3 Å². The Labute approximate surface area is 117 Å². The number of alkyl halides is 3. The Balaban J connectivity index is 3.41. The molecular formula is C12H10F3NO3S. The maximum Gasteiger partial charge on any atom is 0.446 e. The number of ether oxygens (including phenoxy) is 2. The lowest BCUT2D eigenvalue weighted by molar-refractivity contribution is -0.0328. The Hall–Kier alpha value is -1.88. The molecule has 0 aliphatic heterocycles. The highest BCUT2D eigenvalue weighted by Gasteiger charge is 2.32. The van der Waals surface area contributed by atoms with Gasteiger partial charge in [0.1, 0.15) is 17.4 Å². The number of nitriles is 1. The Morgan fingerprint density at radius 1 is 1.45 bits per heavy atom. The van der Waals surface area contributed by atoms with E-state index in [1.54, 1.807) is 13.0 Å². The SMILES string of the molecule is CCOC(=O)c1c(OC)ccc(SC(F)(F)F)c1C#N. The van der Waals surface area contributed by atoms with Crippen molar-refractivity contribution >= 4 is 17.7 Å². The van der Waals surface area contributed by atoms with Crippen LogP contribution >= 0.6 is 11.8 Å². The average molecular weight is 305 g/mol. The van der Waals surface area contributed by atoms with Crippen LogP contribution in [-0.4, -0.2) is 25.2 Å². The van der Waals surface area contributed by atoms with Crippen LogP contribution < -0.4 is 4.74 Å². The minimum absolute atomic E-state index is 0.00785. The second-order valence-electron chi connectivity index (χ2n) is 3.40. The van der Waals surface area contributed by atoms with Gasteiger partial charge in [0.15, 0.2) is 0 Å². The van der Waals surface area contributed by atoms with Gasteiger partial charge in [-0.2, -0.15) is 18.4 Å². The average Bonchev–Trinajstić information content (AvgIpc) is 2.36. The molecule has 0 N–H and O–H groups in total. The van der Waals surface area contributed by atoms with Crippen molar-refractivity contribution in [2.24, 2.45) is 0 Å². The van der Waals surface area contributed by atoms with E-state index >= 15 is 0 Å².